The summed E-state index contributed by atoms with van der Waals surface area (Å²) in [6.45, 7) is 4.88. The summed E-state index contributed by atoms with van der Waals surface area (Å²) < 4.78 is 8.43. The molecule has 0 aliphatic rings. The van der Waals surface area contributed by atoms with Crippen LogP contribution >= 0.6 is 0 Å². The molecule has 4 heteroatoms. The van der Waals surface area contributed by atoms with Gasteiger partial charge in [-0.1, -0.05) is 25.5 Å². The van der Waals surface area contributed by atoms with E-state index in [0.717, 1.165) is 41.0 Å². The van der Waals surface area contributed by atoms with Crippen molar-refractivity contribution >= 4 is 10.9 Å². The van der Waals surface area contributed by atoms with Gasteiger partial charge in [0, 0.05) is 41.8 Å². The molecule has 138 valence electrons. The molecule has 0 fully saturated rings. The van der Waals surface area contributed by atoms with Crippen LogP contribution in [0.25, 0.3) is 10.9 Å². The molecule has 1 heterocycles. The maximum atomic E-state index is 10.4. The van der Waals surface area contributed by atoms with E-state index in [9.17, 15) is 5.11 Å². The van der Waals surface area contributed by atoms with Crippen LogP contribution in [0.2, 0.25) is 0 Å². The van der Waals surface area contributed by atoms with Crippen LogP contribution in [-0.2, 0) is 13.6 Å². The quantitative estimate of drug-likeness (QED) is 0.640. The number of aliphatic hydroxyl groups excluding tert-OH is 1. The van der Waals surface area contributed by atoms with Gasteiger partial charge in [-0.05, 0) is 50.2 Å². The van der Waals surface area contributed by atoms with Crippen molar-refractivity contribution in [3.05, 3.63) is 59.3 Å². The second-order valence-electron chi connectivity index (χ2n) is 6.85. The molecule has 0 radical (unpaired) electrons. The molecule has 3 aromatic rings. The molecular formula is C22H28N2O2. The normalized spacial score (nSPS) is 12.5. The van der Waals surface area contributed by atoms with Crippen LogP contribution in [-0.4, -0.2) is 16.7 Å². The molecule has 3 rings (SSSR count). The van der Waals surface area contributed by atoms with E-state index in [0.29, 0.717) is 6.54 Å². The molecule has 4 nitrogen and oxygen atoms in total. The van der Waals surface area contributed by atoms with E-state index < -0.39 is 6.10 Å². The summed E-state index contributed by atoms with van der Waals surface area (Å²) in [5, 5.41) is 14.7. The second kappa shape index (κ2) is 7.94. The Morgan fingerprint density at radius 2 is 1.96 bits per heavy atom. The lowest BCUT2D eigenvalue weighted by atomic mass is 10.0. The van der Waals surface area contributed by atoms with Crippen molar-refractivity contribution in [2.45, 2.75) is 39.3 Å². The van der Waals surface area contributed by atoms with Crippen LogP contribution in [0.4, 0.5) is 0 Å². The molecule has 2 N–H and O–H groups in total. The SMILES string of the molecule is CCCC(O)c1ccc(CNC)c(Oc2ccc3c(ccn3C)c2C)c1. The second-order valence-corrected chi connectivity index (χ2v) is 6.85. The summed E-state index contributed by atoms with van der Waals surface area (Å²) in [5.74, 6) is 1.65. The van der Waals surface area contributed by atoms with E-state index in [2.05, 4.69) is 42.1 Å². The molecule has 0 aliphatic heterocycles. The summed E-state index contributed by atoms with van der Waals surface area (Å²) in [4.78, 5) is 0. The number of hydrogen-bond donors (Lipinski definition) is 2. The number of aliphatic hydroxyl groups is 1. The predicted molar refractivity (Wildman–Crippen MR) is 107 cm³/mol. The Morgan fingerprint density at radius 1 is 1.15 bits per heavy atom. The van der Waals surface area contributed by atoms with Gasteiger partial charge in [0.1, 0.15) is 11.5 Å². The molecule has 0 saturated carbocycles. The van der Waals surface area contributed by atoms with E-state index in [1.165, 1.54) is 10.9 Å². The molecule has 0 amide bonds. The summed E-state index contributed by atoms with van der Waals surface area (Å²) in [5.41, 5.74) is 4.29. The number of benzene rings is 2. The first-order chi connectivity index (χ1) is 12.5. The fourth-order valence-electron chi connectivity index (χ4n) is 3.36. The molecule has 2 aromatic carbocycles. The number of ether oxygens (including phenoxy) is 1. The number of aromatic nitrogens is 1. The summed E-state index contributed by atoms with van der Waals surface area (Å²) in [6, 6.07) is 12.2. The lowest BCUT2D eigenvalue weighted by molar-refractivity contribution is 0.166. The van der Waals surface area contributed by atoms with Gasteiger partial charge in [-0.2, -0.15) is 0 Å². The van der Waals surface area contributed by atoms with E-state index in [-0.39, 0.29) is 0 Å². The van der Waals surface area contributed by atoms with Crippen LogP contribution in [0.1, 0.15) is 42.6 Å². The fourth-order valence-corrected chi connectivity index (χ4v) is 3.36. The van der Waals surface area contributed by atoms with Gasteiger partial charge in [0.15, 0.2) is 0 Å². The molecule has 0 saturated heterocycles. The van der Waals surface area contributed by atoms with Gasteiger partial charge in [0.05, 0.1) is 6.10 Å². The number of nitrogens with zero attached hydrogens (tertiary/aromatic N) is 1. The minimum Gasteiger partial charge on any atom is -0.457 e. The van der Waals surface area contributed by atoms with Crippen molar-refractivity contribution in [1.29, 1.82) is 0 Å². The largest absolute Gasteiger partial charge is 0.457 e. The van der Waals surface area contributed by atoms with Gasteiger partial charge in [-0.25, -0.2) is 0 Å². The number of rotatable bonds is 7. The number of nitrogens with one attached hydrogen (secondary N) is 1. The molecule has 1 unspecified atom stereocenters. The Labute approximate surface area is 155 Å². The smallest absolute Gasteiger partial charge is 0.132 e. The first-order valence-corrected chi connectivity index (χ1v) is 9.23. The molecular weight excluding hydrogens is 324 g/mol. The Morgan fingerprint density at radius 3 is 2.69 bits per heavy atom. The van der Waals surface area contributed by atoms with Gasteiger partial charge < -0.3 is 19.7 Å². The molecule has 1 atom stereocenters. The maximum Gasteiger partial charge on any atom is 0.132 e. The average molecular weight is 352 g/mol. The third kappa shape index (κ3) is 3.62. The van der Waals surface area contributed by atoms with Crippen molar-refractivity contribution in [1.82, 2.24) is 9.88 Å². The zero-order valence-corrected chi connectivity index (χ0v) is 16.0. The highest BCUT2D eigenvalue weighted by molar-refractivity contribution is 5.85. The highest BCUT2D eigenvalue weighted by Gasteiger charge is 2.14. The molecule has 1 aromatic heterocycles. The maximum absolute atomic E-state index is 10.4. The van der Waals surface area contributed by atoms with E-state index >= 15 is 0 Å². The average Bonchev–Trinajstić information content (AvgIpc) is 3.01. The third-order valence-electron chi connectivity index (χ3n) is 4.91. The first-order valence-electron chi connectivity index (χ1n) is 9.23. The highest BCUT2D eigenvalue weighted by atomic mass is 16.5. The van der Waals surface area contributed by atoms with E-state index in [1.54, 1.807) is 0 Å². The highest BCUT2D eigenvalue weighted by Crippen LogP contribution is 2.34. The van der Waals surface area contributed by atoms with Crippen LogP contribution < -0.4 is 10.1 Å². The van der Waals surface area contributed by atoms with Crippen LogP contribution in [0.3, 0.4) is 0 Å². The minimum absolute atomic E-state index is 0.455. The minimum atomic E-state index is -0.455. The van der Waals surface area contributed by atoms with Crippen molar-refractivity contribution < 1.29 is 9.84 Å². The van der Waals surface area contributed by atoms with E-state index in [1.807, 2.05) is 38.4 Å². The van der Waals surface area contributed by atoms with Crippen molar-refractivity contribution in [2.24, 2.45) is 7.05 Å². The van der Waals surface area contributed by atoms with Gasteiger partial charge in [0.25, 0.3) is 0 Å². The number of aryl methyl sites for hydroxylation is 2. The lowest BCUT2D eigenvalue weighted by Gasteiger charge is -2.17. The Kier molecular flexibility index (Phi) is 5.64. The molecule has 0 aliphatic carbocycles. The van der Waals surface area contributed by atoms with Crippen molar-refractivity contribution in [3.8, 4) is 11.5 Å². The summed E-state index contributed by atoms with van der Waals surface area (Å²) >= 11 is 0. The van der Waals surface area contributed by atoms with Gasteiger partial charge in [-0.3, -0.25) is 0 Å². The molecule has 0 bridgehead atoms. The van der Waals surface area contributed by atoms with Crippen LogP contribution in [0.5, 0.6) is 11.5 Å². The standard InChI is InChI=1S/C22H28N2O2/c1-5-6-20(25)16-7-8-17(14-23-3)22(13-16)26-21-10-9-19-18(15(21)2)11-12-24(19)4/h7-13,20,23,25H,5-6,14H2,1-4H3. The van der Waals surface area contributed by atoms with Crippen molar-refractivity contribution in [3.63, 3.8) is 0 Å². The molecule has 26 heavy (non-hydrogen) atoms. The zero-order chi connectivity index (χ0) is 18.7. The Bertz CT molecular complexity index is 899. The van der Waals surface area contributed by atoms with Gasteiger partial charge in [0.2, 0.25) is 0 Å². The molecule has 0 spiro atoms. The van der Waals surface area contributed by atoms with Gasteiger partial charge >= 0.3 is 0 Å². The number of hydrogen-bond acceptors (Lipinski definition) is 3. The monoisotopic (exact) mass is 352 g/mol. The fraction of sp³-hybridized carbons (Fsp3) is 0.364. The predicted octanol–water partition coefficient (Wildman–Crippen LogP) is 4.83. The Hall–Kier alpha value is -2.30. The van der Waals surface area contributed by atoms with Crippen molar-refractivity contribution in [2.75, 3.05) is 7.05 Å². The van der Waals surface area contributed by atoms with Crippen LogP contribution in [0, 0.1) is 6.92 Å². The summed E-state index contributed by atoms with van der Waals surface area (Å²) in [7, 11) is 3.97. The zero-order valence-electron chi connectivity index (χ0n) is 16.0. The van der Waals surface area contributed by atoms with E-state index in [4.69, 9.17) is 4.74 Å². The number of fused-ring (bicyclic) bond motifs is 1. The first kappa shape index (κ1) is 18.5. The van der Waals surface area contributed by atoms with Crippen LogP contribution in [0.15, 0.2) is 42.6 Å². The third-order valence-corrected chi connectivity index (χ3v) is 4.91. The van der Waals surface area contributed by atoms with Gasteiger partial charge in [-0.15, -0.1) is 0 Å². The Balaban J connectivity index is 1.99. The topological polar surface area (TPSA) is 46.4 Å². The lowest BCUT2D eigenvalue weighted by Crippen LogP contribution is -2.07. The summed E-state index contributed by atoms with van der Waals surface area (Å²) in [6.07, 6.45) is 3.30.